The van der Waals surface area contributed by atoms with Gasteiger partial charge >= 0.3 is 12.1 Å². The van der Waals surface area contributed by atoms with E-state index in [1.807, 2.05) is 25.7 Å². The molecule has 3 rings (SSSR count). The molecule has 152 valence electrons. The summed E-state index contributed by atoms with van der Waals surface area (Å²) in [5.74, 6) is -0.576. The van der Waals surface area contributed by atoms with Crippen LogP contribution < -0.4 is 0 Å². The van der Waals surface area contributed by atoms with Crippen LogP contribution in [0, 0.1) is 0 Å². The van der Waals surface area contributed by atoms with Gasteiger partial charge in [-0.1, -0.05) is 0 Å². The van der Waals surface area contributed by atoms with Crippen molar-refractivity contribution in [1.82, 2.24) is 14.8 Å². The van der Waals surface area contributed by atoms with E-state index in [1.54, 1.807) is 11.0 Å². The van der Waals surface area contributed by atoms with Crippen molar-refractivity contribution in [1.29, 1.82) is 0 Å². The number of esters is 1. The predicted molar refractivity (Wildman–Crippen MR) is 101 cm³/mol. The maximum absolute atomic E-state index is 12.9. The zero-order chi connectivity index (χ0) is 20.5. The summed E-state index contributed by atoms with van der Waals surface area (Å²) >= 11 is 0. The van der Waals surface area contributed by atoms with Crippen molar-refractivity contribution in [2.45, 2.75) is 51.7 Å². The second-order valence-corrected chi connectivity index (χ2v) is 8.13. The number of rotatable bonds is 2. The number of fused-ring (bicyclic) bond motifs is 1. The Balaban J connectivity index is 1.63. The molecule has 1 fully saturated rings. The van der Waals surface area contributed by atoms with Gasteiger partial charge in [-0.25, -0.2) is 14.6 Å². The van der Waals surface area contributed by atoms with Crippen LogP contribution in [0.3, 0.4) is 0 Å². The van der Waals surface area contributed by atoms with Crippen LogP contribution in [-0.2, 0) is 15.9 Å². The molecule has 1 aromatic heterocycles. The standard InChI is InChI=1S/C20H27N3O5/c1-20(2,3)28-19(26)22-10-7-13(8-11-22)23-12-9-15-14(17(23)24)5-6-16(21-15)18(25)27-4/h5-6,13H,7-12H2,1-4H3. The molecular formula is C20H27N3O5. The lowest BCUT2D eigenvalue weighted by molar-refractivity contribution is 0.0143. The van der Waals surface area contributed by atoms with Gasteiger partial charge in [-0.15, -0.1) is 0 Å². The molecule has 1 saturated heterocycles. The molecule has 8 heteroatoms. The first-order valence-electron chi connectivity index (χ1n) is 9.57. The average Bonchev–Trinajstić information content (AvgIpc) is 2.66. The fraction of sp³-hybridized carbons (Fsp3) is 0.600. The van der Waals surface area contributed by atoms with Crippen molar-refractivity contribution >= 4 is 18.0 Å². The Morgan fingerprint density at radius 1 is 1.14 bits per heavy atom. The van der Waals surface area contributed by atoms with Gasteiger partial charge in [-0.05, 0) is 45.7 Å². The van der Waals surface area contributed by atoms with Gasteiger partial charge in [0.2, 0.25) is 0 Å². The van der Waals surface area contributed by atoms with Crippen LogP contribution in [0.15, 0.2) is 12.1 Å². The van der Waals surface area contributed by atoms with Crippen LogP contribution >= 0.6 is 0 Å². The van der Waals surface area contributed by atoms with Crippen LogP contribution in [0.4, 0.5) is 4.79 Å². The summed E-state index contributed by atoms with van der Waals surface area (Å²) in [6.07, 6.45) is 1.72. The molecule has 3 heterocycles. The molecule has 0 aliphatic carbocycles. The van der Waals surface area contributed by atoms with Crippen LogP contribution in [-0.4, -0.2) is 71.1 Å². The highest BCUT2D eigenvalue weighted by Gasteiger charge is 2.35. The molecule has 2 aliphatic heterocycles. The number of hydrogen-bond donors (Lipinski definition) is 0. The third-order valence-electron chi connectivity index (χ3n) is 5.01. The monoisotopic (exact) mass is 389 g/mol. The molecule has 0 unspecified atom stereocenters. The van der Waals surface area contributed by atoms with E-state index in [9.17, 15) is 14.4 Å². The summed E-state index contributed by atoms with van der Waals surface area (Å²) in [7, 11) is 1.31. The van der Waals surface area contributed by atoms with E-state index >= 15 is 0 Å². The molecule has 0 spiro atoms. The number of pyridine rings is 1. The molecule has 0 aromatic carbocycles. The van der Waals surface area contributed by atoms with Gasteiger partial charge in [-0.2, -0.15) is 0 Å². The van der Waals surface area contributed by atoms with E-state index < -0.39 is 11.6 Å². The maximum Gasteiger partial charge on any atom is 0.410 e. The minimum atomic E-state index is -0.517. The van der Waals surface area contributed by atoms with Gasteiger partial charge in [0, 0.05) is 32.1 Å². The summed E-state index contributed by atoms with van der Waals surface area (Å²) in [5, 5.41) is 0. The number of nitrogens with zero attached hydrogens (tertiary/aromatic N) is 3. The number of methoxy groups -OCH3 is 1. The number of ether oxygens (including phenoxy) is 2. The SMILES string of the molecule is COC(=O)c1ccc2c(n1)CCN(C1CCN(C(=O)OC(C)(C)C)CC1)C2=O. The first-order valence-corrected chi connectivity index (χ1v) is 9.57. The molecular weight excluding hydrogens is 362 g/mol. The van der Waals surface area contributed by atoms with E-state index in [0.29, 0.717) is 50.2 Å². The van der Waals surface area contributed by atoms with E-state index in [0.717, 1.165) is 0 Å². The van der Waals surface area contributed by atoms with Crippen LogP contribution in [0.5, 0.6) is 0 Å². The highest BCUT2D eigenvalue weighted by atomic mass is 16.6. The first-order chi connectivity index (χ1) is 13.2. The summed E-state index contributed by atoms with van der Waals surface area (Å²) < 4.78 is 10.1. The average molecular weight is 389 g/mol. The molecule has 8 nitrogen and oxygen atoms in total. The molecule has 2 amide bonds. The van der Waals surface area contributed by atoms with Crippen molar-refractivity contribution in [2.75, 3.05) is 26.7 Å². The van der Waals surface area contributed by atoms with Gasteiger partial charge in [0.05, 0.1) is 18.4 Å². The summed E-state index contributed by atoms with van der Waals surface area (Å²) in [6.45, 7) is 7.23. The number of amides is 2. The van der Waals surface area contributed by atoms with Crippen molar-refractivity contribution < 1.29 is 23.9 Å². The molecule has 0 N–H and O–H groups in total. The molecule has 0 atom stereocenters. The minimum Gasteiger partial charge on any atom is -0.464 e. The number of likely N-dealkylation sites (tertiary alicyclic amines) is 1. The van der Waals surface area contributed by atoms with Gasteiger partial charge in [-0.3, -0.25) is 4.79 Å². The third kappa shape index (κ3) is 4.26. The summed E-state index contributed by atoms with van der Waals surface area (Å²) in [6, 6.07) is 3.26. The highest BCUT2D eigenvalue weighted by molar-refractivity contribution is 5.97. The fourth-order valence-electron chi connectivity index (χ4n) is 3.62. The van der Waals surface area contributed by atoms with E-state index in [-0.39, 0.29) is 23.7 Å². The lowest BCUT2D eigenvalue weighted by Crippen LogP contribution is -2.51. The fourth-order valence-corrected chi connectivity index (χ4v) is 3.62. The minimum absolute atomic E-state index is 0.0686. The Morgan fingerprint density at radius 2 is 1.82 bits per heavy atom. The van der Waals surface area contributed by atoms with E-state index in [4.69, 9.17) is 9.47 Å². The Morgan fingerprint density at radius 3 is 2.43 bits per heavy atom. The van der Waals surface area contributed by atoms with Gasteiger partial charge in [0.15, 0.2) is 0 Å². The van der Waals surface area contributed by atoms with Crippen LogP contribution in [0.1, 0.15) is 60.2 Å². The lowest BCUT2D eigenvalue weighted by Gasteiger charge is -2.40. The molecule has 0 saturated carbocycles. The largest absolute Gasteiger partial charge is 0.464 e. The number of carbonyl (C=O) groups is 3. The second kappa shape index (κ2) is 7.77. The lowest BCUT2D eigenvalue weighted by atomic mass is 9.97. The van der Waals surface area contributed by atoms with Gasteiger partial charge < -0.3 is 19.3 Å². The van der Waals surface area contributed by atoms with Crippen molar-refractivity contribution in [3.63, 3.8) is 0 Å². The number of piperidine rings is 1. The Bertz CT molecular complexity index is 779. The first kappa shape index (κ1) is 20.1. The number of carbonyl (C=O) groups excluding carboxylic acids is 3. The Hall–Kier alpha value is -2.64. The Kier molecular flexibility index (Phi) is 5.58. The second-order valence-electron chi connectivity index (χ2n) is 8.13. The van der Waals surface area contributed by atoms with E-state index in [1.165, 1.54) is 13.2 Å². The molecule has 0 radical (unpaired) electrons. The van der Waals surface area contributed by atoms with Crippen LogP contribution in [0.25, 0.3) is 0 Å². The van der Waals surface area contributed by atoms with Gasteiger partial charge in [0.1, 0.15) is 11.3 Å². The van der Waals surface area contributed by atoms with Crippen molar-refractivity contribution in [2.24, 2.45) is 0 Å². The summed E-state index contributed by atoms with van der Waals surface area (Å²) in [5.41, 5.74) is 0.869. The van der Waals surface area contributed by atoms with Crippen LogP contribution in [0.2, 0.25) is 0 Å². The topological polar surface area (TPSA) is 89.0 Å². The molecule has 28 heavy (non-hydrogen) atoms. The summed E-state index contributed by atoms with van der Waals surface area (Å²) in [4.78, 5) is 44.7. The molecule has 0 bridgehead atoms. The Labute approximate surface area is 164 Å². The third-order valence-corrected chi connectivity index (χ3v) is 5.01. The predicted octanol–water partition coefficient (Wildman–Crippen LogP) is 2.27. The zero-order valence-electron chi connectivity index (χ0n) is 16.9. The van der Waals surface area contributed by atoms with Crippen molar-refractivity contribution in [3.8, 4) is 0 Å². The molecule has 1 aromatic rings. The molecule has 2 aliphatic rings. The smallest absolute Gasteiger partial charge is 0.410 e. The maximum atomic E-state index is 12.9. The normalized spacial score (nSPS) is 17.9. The quantitative estimate of drug-likeness (QED) is 0.721. The van der Waals surface area contributed by atoms with E-state index in [2.05, 4.69) is 4.98 Å². The number of aromatic nitrogens is 1. The zero-order valence-corrected chi connectivity index (χ0v) is 16.9. The number of hydrogen-bond acceptors (Lipinski definition) is 6. The highest BCUT2D eigenvalue weighted by Crippen LogP contribution is 2.25. The van der Waals surface area contributed by atoms with Gasteiger partial charge in [0.25, 0.3) is 5.91 Å². The van der Waals surface area contributed by atoms with Crippen molar-refractivity contribution in [3.05, 3.63) is 29.1 Å².